The number of alkyl halides is 6. The third-order valence-electron chi connectivity index (χ3n) is 5.18. The summed E-state index contributed by atoms with van der Waals surface area (Å²) in [5.74, 6) is 0. The van der Waals surface area contributed by atoms with Gasteiger partial charge >= 0.3 is 12.4 Å². The van der Waals surface area contributed by atoms with Crippen LogP contribution in [0.5, 0.6) is 0 Å². The smallest absolute Gasteiger partial charge is 0.410 e. The quantitative estimate of drug-likeness (QED) is 0.277. The maximum absolute atomic E-state index is 13.0. The number of nitrogens with zero attached hydrogens (tertiary/aromatic N) is 2. The van der Waals surface area contributed by atoms with E-state index in [0.29, 0.717) is 36.2 Å². The number of nitrogens with one attached hydrogen (secondary N) is 1. The van der Waals surface area contributed by atoms with Crippen LogP contribution in [0.1, 0.15) is 22.3 Å². The van der Waals surface area contributed by atoms with Crippen molar-refractivity contribution in [3.8, 4) is 0 Å². The van der Waals surface area contributed by atoms with Gasteiger partial charge in [0.15, 0.2) is 0 Å². The van der Waals surface area contributed by atoms with E-state index in [-0.39, 0.29) is 12.3 Å². The maximum Gasteiger partial charge on any atom is 0.430 e. The molecule has 1 heterocycles. The molecule has 2 aromatic carbocycles. The molecule has 11 heteroatoms. The van der Waals surface area contributed by atoms with E-state index in [1.807, 2.05) is 4.90 Å². The zero-order chi connectivity index (χ0) is 23.0. The Balaban J connectivity index is 1.83. The molecule has 0 amide bonds. The second kappa shape index (κ2) is 7.88. The summed E-state index contributed by atoms with van der Waals surface area (Å²) in [6, 6.07) is 8.64. The van der Waals surface area contributed by atoms with Crippen LogP contribution in [0.2, 0.25) is 0 Å². The van der Waals surface area contributed by atoms with Gasteiger partial charge in [0.25, 0.3) is 5.60 Å². The summed E-state index contributed by atoms with van der Waals surface area (Å²) in [5.41, 5.74) is -3.44. The Morgan fingerprint density at radius 3 is 2.16 bits per heavy atom. The second-order valence-corrected chi connectivity index (χ2v) is 7.05. The van der Waals surface area contributed by atoms with Gasteiger partial charge in [0.05, 0.1) is 0 Å². The summed E-state index contributed by atoms with van der Waals surface area (Å²) >= 11 is 0. The Bertz CT molecular complexity index is 985. The normalized spacial score (nSPS) is 15.2. The van der Waals surface area contributed by atoms with Gasteiger partial charge in [0.1, 0.15) is 5.71 Å². The number of anilines is 1. The van der Waals surface area contributed by atoms with Gasteiger partial charge in [0, 0.05) is 36.1 Å². The van der Waals surface area contributed by atoms with Crippen molar-refractivity contribution in [2.24, 2.45) is 5.16 Å². The van der Waals surface area contributed by atoms with Gasteiger partial charge in [0.2, 0.25) is 0 Å². The van der Waals surface area contributed by atoms with E-state index in [1.165, 1.54) is 0 Å². The Morgan fingerprint density at radius 2 is 1.65 bits per heavy atom. The molecule has 3 N–H and O–H groups in total. The van der Waals surface area contributed by atoms with Crippen molar-refractivity contribution >= 4 is 17.6 Å². The number of oxime groups is 1. The fourth-order valence-electron chi connectivity index (χ4n) is 3.52. The van der Waals surface area contributed by atoms with Crippen LogP contribution >= 0.6 is 0 Å². The molecular formula is C20H17F6N3O2. The monoisotopic (exact) mass is 445 g/mol. The van der Waals surface area contributed by atoms with Crippen LogP contribution in [0.25, 0.3) is 0 Å². The van der Waals surface area contributed by atoms with Gasteiger partial charge in [-0.05, 0) is 29.7 Å². The molecule has 0 saturated carbocycles. The number of rotatable bonds is 5. The summed E-state index contributed by atoms with van der Waals surface area (Å²) in [7, 11) is 0. The average molecular weight is 445 g/mol. The van der Waals surface area contributed by atoms with Crippen LogP contribution < -0.4 is 4.90 Å². The molecule has 0 aliphatic carbocycles. The lowest BCUT2D eigenvalue weighted by atomic mass is 9.91. The molecule has 0 fully saturated rings. The maximum atomic E-state index is 13.0. The molecule has 0 radical (unpaired) electrons. The topological polar surface area (TPSA) is 79.9 Å². The van der Waals surface area contributed by atoms with Crippen LogP contribution in [-0.2, 0) is 18.6 Å². The molecule has 5 nitrogen and oxygen atoms in total. The SMILES string of the molecule is N=C/C(=N\O)c1ccc2c(c1)CCN2Cc1ccc(C(O)(C(F)(F)F)C(F)(F)F)cc1. The highest BCUT2D eigenvalue weighted by Crippen LogP contribution is 2.50. The highest BCUT2D eigenvalue weighted by molar-refractivity contribution is 6.37. The largest absolute Gasteiger partial charge is 0.430 e. The highest BCUT2D eigenvalue weighted by Gasteiger charge is 2.71. The van der Waals surface area contributed by atoms with Crippen LogP contribution in [-0.4, -0.2) is 41.1 Å². The molecule has 3 rings (SSSR count). The number of halogens is 6. The van der Waals surface area contributed by atoms with Gasteiger partial charge in [-0.2, -0.15) is 26.3 Å². The standard InChI is InChI=1S/C20H17F6N3O2/c21-19(22,23)18(30,20(24,25)26)15-4-1-12(2-5-15)11-29-8-7-14-9-13(3-6-17(14)29)16(10-27)28-31/h1-6,9-10,27,30-31H,7-8,11H2/b27-10?,28-16+. The van der Waals surface area contributed by atoms with Crippen molar-refractivity contribution in [3.63, 3.8) is 0 Å². The Kier molecular flexibility index (Phi) is 5.74. The molecule has 2 aromatic rings. The summed E-state index contributed by atoms with van der Waals surface area (Å²) in [4.78, 5) is 1.90. The van der Waals surface area contributed by atoms with Gasteiger partial charge in [-0.25, -0.2) is 0 Å². The molecule has 0 atom stereocenters. The van der Waals surface area contributed by atoms with Crippen molar-refractivity contribution in [1.82, 2.24) is 0 Å². The molecule has 31 heavy (non-hydrogen) atoms. The van der Waals surface area contributed by atoms with Crippen LogP contribution in [0, 0.1) is 5.41 Å². The Morgan fingerprint density at radius 1 is 1.03 bits per heavy atom. The fourth-order valence-corrected chi connectivity index (χ4v) is 3.52. The zero-order valence-electron chi connectivity index (χ0n) is 15.8. The summed E-state index contributed by atoms with van der Waals surface area (Å²) in [5, 5.41) is 28.7. The van der Waals surface area contributed by atoms with E-state index in [2.05, 4.69) is 5.16 Å². The molecule has 0 bridgehead atoms. The van der Waals surface area contributed by atoms with E-state index >= 15 is 0 Å². The van der Waals surface area contributed by atoms with Crippen molar-refractivity contribution in [2.45, 2.75) is 30.9 Å². The number of benzene rings is 2. The van der Waals surface area contributed by atoms with Gasteiger partial charge in [-0.1, -0.05) is 35.5 Å². The summed E-state index contributed by atoms with van der Waals surface area (Å²) in [6.07, 6.45) is -10.3. The highest BCUT2D eigenvalue weighted by atomic mass is 19.4. The van der Waals surface area contributed by atoms with E-state index < -0.39 is 23.5 Å². The lowest BCUT2D eigenvalue weighted by Crippen LogP contribution is -2.53. The predicted molar refractivity (Wildman–Crippen MR) is 101 cm³/mol. The molecular weight excluding hydrogens is 428 g/mol. The molecule has 0 aromatic heterocycles. The van der Waals surface area contributed by atoms with E-state index in [9.17, 15) is 31.4 Å². The first-order chi connectivity index (χ1) is 14.4. The van der Waals surface area contributed by atoms with Crippen molar-refractivity contribution < 1.29 is 36.7 Å². The molecule has 0 spiro atoms. The van der Waals surface area contributed by atoms with Crippen molar-refractivity contribution in [2.75, 3.05) is 11.4 Å². The fraction of sp³-hybridized carbons (Fsp3) is 0.300. The summed E-state index contributed by atoms with van der Waals surface area (Å²) in [6.45, 7) is 0.792. The molecule has 0 saturated heterocycles. The van der Waals surface area contributed by atoms with Gasteiger partial charge < -0.3 is 20.6 Å². The number of hydrogen-bond acceptors (Lipinski definition) is 5. The molecule has 1 aliphatic heterocycles. The Hall–Kier alpha value is -3.08. The second-order valence-electron chi connectivity index (χ2n) is 7.05. The first kappa shape index (κ1) is 22.6. The summed E-state index contributed by atoms with van der Waals surface area (Å²) < 4.78 is 78.0. The third-order valence-corrected chi connectivity index (χ3v) is 5.18. The molecule has 0 unspecified atom stereocenters. The predicted octanol–water partition coefficient (Wildman–Crippen LogP) is 4.39. The minimum absolute atomic E-state index is 0.0821. The number of aliphatic hydroxyl groups is 1. The number of fused-ring (bicyclic) bond motifs is 1. The van der Waals surface area contributed by atoms with Crippen LogP contribution in [0.15, 0.2) is 47.6 Å². The molecule has 1 aliphatic rings. The van der Waals surface area contributed by atoms with E-state index in [4.69, 9.17) is 10.6 Å². The zero-order valence-corrected chi connectivity index (χ0v) is 15.8. The lowest BCUT2D eigenvalue weighted by Gasteiger charge is -2.32. The Labute approximate surface area is 172 Å². The van der Waals surface area contributed by atoms with E-state index in [1.54, 1.807) is 18.2 Å². The van der Waals surface area contributed by atoms with Crippen LogP contribution in [0.3, 0.4) is 0 Å². The minimum atomic E-state index is -5.93. The van der Waals surface area contributed by atoms with Crippen molar-refractivity contribution in [3.05, 3.63) is 64.7 Å². The van der Waals surface area contributed by atoms with Crippen LogP contribution in [0.4, 0.5) is 32.0 Å². The first-order valence-electron chi connectivity index (χ1n) is 8.98. The van der Waals surface area contributed by atoms with Gasteiger partial charge in [-0.15, -0.1) is 0 Å². The molecule has 166 valence electrons. The lowest BCUT2D eigenvalue weighted by molar-refractivity contribution is -0.376. The van der Waals surface area contributed by atoms with Crippen molar-refractivity contribution in [1.29, 1.82) is 5.41 Å². The van der Waals surface area contributed by atoms with E-state index in [0.717, 1.165) is 29.6 Å². The number of hydrogen-bond donors (Lipinski definition) is 3. The van der Waals surface area contributed by atoms with Gasteiger partial charge in [-0.3, -0.25) is 0 Å². The average Bonchev–Trinajstić information content (AvgIpc) is 3.09. The first-order valence-corrected chi connectivity index (χ1v) is 8.98. The third kappa shape index (κ3) is 3.97. The minimum Gasteiger partial charge on any atom is -0.410 e.